The van der Waals surface area contributed by atoms with Gasteiger partial charge in [0.15, 0.2) is 0 Å². The van der Waals surface area contributed by atoms with Crippen molar-refractivity contribution in [2.24, 2.45) is 5.92 Å². The number of carbonyl (C=O) groups excluding carboxylic acids is 3. The Morgan fingerprint density at radius 3 is 2.36 bits per heavy atom. The molecule has 0 heterocycles. The molecule has 1 N–H and O–H groups in total. The molecule has 0 unspecified atom stereocenters. The summed E-state index contributed by atoms with van der Waals surface area (Å²) in [6.45, 7) is 5.73. The Hall–Kier alpha value is -2.37. The van der Waals surface area contributed by atoms with Crippen molar-refractivity contribution < 1.29 is 23.9 Å². The van der Waals surface area contributed by atoms with E-state index in [0.29, 0.717) is 19.4 Å². The average Bonchev–Trinajstić information content (AvgIpc) is 2.59. The third-order valence-electron chi connectivity index (χ3n) is 3.71. The highest BCUT2D eigenvalue weighted by Crippen LogP contribution is 2.30. The van der Waals surface area contributed by atoms with Crippen molar-refractivity contribution >= 4 is 17.8 Å². The van der Waals surface area contributed by atoms with E-state index in [1.165, 1.54) is 6.92 Å². The molecule has 25 heavy (non-hydrogen) atoms. The molecule has 0 saturated carbocycles. The lowest BCUT2D eigenvalue weighted by molar-refractivity contribution is -0.162. The maximum atomic E-state index is 12.2. The number of nitrogens with one attached hydrogen (secondary N) is 1. The van der Waals surface area contributed by atoms with Gasteiger partial charge in [0.1, 0.15) is 6.10 Å². The number of carbonyl (C=O) groups is 3. The third kappa shape index (κ3) is 7.37. The van der Waals surface area contributed by atoms with E-state index in [9.17, 15) is 14.4 Å². The molecule has 0 aliphatic heterocycles. The topological polar surface area (TPSA) is 81.7 Å². The number of hydrogen-bond donors (Lipinski definition) is 1. The average molecular weight is 349 g/mol. The summed E-state index contributed by atoms with van der Waals surface area (Å²) in [5.74, 6) is -1.46. The summed E-state index contributed by atoms with van der Waals surface area (Å²) in [4.78, 5) is 35.3. The zero-order chi connectivity index (χ0) is 18.7. The number of hydrogen-bond acceptors (Lipinski definition) is 5. The lowest BCUT2D eigenvalue weighted by Crippen LogP contribution is -2.28. The van der Waals surface area contributed by atoms with Crippen molar-refractivity contribution in [3.63, 3.8) is 0 Å². The summed E-state index contributed by atoms with van der Waals surface area (Å²) in [7, 11) is 0. The van der Waals surface area contributed by atoms with Crippen LogP contribution in [0.15, 0.2) is 30.3 Å². The Morgan fingerprint density at radius 2 is 1.80 bits per heavy atom. The number of ether oxygens (including phenoxy) is 2. The zero-order valence-electron chi connectivity index (χ0n) is 15.1. The summed E-state index contributed by atoms with van der Waals surface area (Å²) in [6.07, 6.45) is 0.467. The molecule has 0 aromatic heterocycles. The van der Waals surface area contributed by atoms with Crippen LogP contribution in [0.25, 0.3) is 0 Å². The van der Waals surface area contributed by atoms with Gasteiger partial charge in [-0.05, 0) is 25.3 Å². The van der Waals surface area contributed by atoms with Crippen LogP contribution in [0.1, 0.15) is 51.7 Å². The minimum Gasteiger partial charge on any atom is -0.466 e. The highest BCUT2D eigenvalue weighted by Gasteiger charge is 2.32. The van der Waals surface area contributed by atoms with Crippen LogP contribution >= 0.6 is 0 Å². The van der Waals surface area contributed by atoms with Crippen molar-refractivity contribution in [1.82, 2.24) is 5.32 Å². The Morgan fingerprint density at radius 1 is 1.12 bits per heavy atom. The summed E-state index contributed by atoms with van der Waals surface area (Å²) in [6, 6.07) is 9.20. The Kier molecular flexibility index (Phi) is 9.29. The predicted octanol–water partition coefficient (Wildman–Crippen LogP) is 2.78. The molecular weight excluding hydrogens is 322 g/mol. The molecule has 138 valence electrons. The van der Waals surface area contributed by atoms with Gasteiger partial charge in [-0.25, -0.2) is 0 Å². The van der Waals surface area contributed by atoms with Gasteiger partial charge in [-0.1, -0.05) is 37.3 Å². The van der Waals surface area contributed by atoms with E-state index < -0.39 is 18.0 Å². The highest BCUT2D eigenvalue weighted by molar-refractivity contribution is 5.75. The molecular formula is C19H27NO5. The van der Waals surface area contributed by atoms with Crippen molar-refractivity contribution in [2.45, 2.75) is 46.1 Å². The van der Waals surface area contributed by atoms with E-state index in [0.717, 1.165) is 5.56 Å². The van der Waals surface area contributed by atoms with E-state index in [-0.39, 0.29) is 24.9 Å². The normalized spacial score (nSPS) is 12.8. The largest absolute Gasteiger partial charge is 0.466 e. The molecule has 1 amide bonds. The van der Waals surface area contributed by atoms with Gasteiger partial charge in [0, 0.05) is 19.9 Å². The predicted molar refractivity (Wildman–Crippen MR) is 93.6 cm³/mol. The molecule has 0 radical (unpaired) electrons. The molecule has 6 nitrogen and oxygen atoms in total. The molecule has 0 bridgehead atoms. The van der Waals surface area contributed by atoms with Crippen LogP contribution in [0, 0.1) is 5.92 Å². The summed E-state index contributed by atoms with van der Waals surface area (Å²) in [5.41, 5.74) is 0.762. The molecule has 0 spiro atoms. The first-order valence-corrected chi connectivity index (χ1v) is 8.65. The Balaban J connectivity index is 2.79. The van der Waals surface area contributed by atoms with Crippen molar-refractivity contribution in [1.29, 1.82) is 0 Å². The second kappa shape index (κ2) is 11.2. The third-order valence-corrected chi connectivity index (χ3v) is 3.71. The molecule has 1 rings (SSSR count). The quantitative estimate of drug-likeness (QED) is 0.519. The fraction of sp³-hybridized carbons (Fsp3) is 0.526. The van der Waals surface area contributed by atoms with Crippen molar-refractivity contribution in [3.05, 3.63) is 35.9 Å². The zero-order valence-corrected chi connectivity index (χ0v) is 15.1. The first kappa shape index (κ1) is 20.7. The van der Waals surface area contributed by atoms with Crippen LogP contribution in [0.3, 0.4) is 0 Å². The van der Waals surface area contributed by atoms with Crippen LogP contribution in [-0.2, 0) is 23.9 Å². The fourth-order valence-corrected chi connectivity index (χ4v) is 2.48. The van der Waals surface area contributed by atoms with E-state index in [4.69, 9.17) is 9.47 Å². The van der Waals surface area contributed by atoms with E-state index >= 15 is 0 Å². The molecule has 1 aromatic rings. The van der Waals surface area contributed by atoms with Gasteiger partial charge < -0.3 is 14.8 Å². The maximum Gasteiger partial charge on any atom is 0.313 e. The van der Waals surface area contributed by atoms with Crippen LogP contribution < -0.4 is 5.32 Å². The van der Waals surface area contributed by atoms with E-state index in [1.807, 2.05) is 37.3 Å². The maximum absolute atomic E-state index is 12.2. The van der Waals surface area contributed by atoms with Gasteiger partial charge in [-0.2, -0.15) is 0 Å². The smallest absolute Gasteiger partial charge is 0.313 e. The number of amides is 1. The Bertz CT molecular complexity index is 558. The number of rotatable bonds is 10. The van der Waals surface area contributed by atoms with Gasteiger partial charge in [-0.3, -0.25) is 14.4 Å². The number of esters is 2. The molecule has 0 saturated heterocycles. The lowest BCUT2D eigenvalue weighted by atomic mass is 9.93. The van der Waals surface area contributed by atoms with Gasteiger partial charge in [0.05, 0.1) is 12.5 Å². The minimum atomic E-state index is -0.682. The highest BCUT2D eigenvalue weighted by atomic mass is 16.6. The van der Waals surface area contributed by atoms with Gasteiger partial charge in [-0.15, -0.1) is 0 Å². The second-order valence-corrected chi connectivity index (χ2v) is 5.67. The van der Waals surface area contributed by atoms with E-state index in [2.05, 4.69) is 5.32 Å². The molecule has 0 aliphatic carbocycles. The molecule has 0 aliphatic rings. The van der Waals surface area contributed by atoms with Crippen LogP contribution in [0.5, 0.6) is 0 Å². The fourth-order valence-electron chi connectivity index (χ4n) is 2.48. The first-order valence-electron chi connectivity index (χ1n) is 8.65. The minimum absolute atomic E-state index is 0.135. The van der Waals surface area contributed by atoms with Crippen molar-refractivity contribution in [2.75, 3.05) is 13.2 Å². The second-order valence-electron chi connectivity index (χ2n) is 5.67. The van der Waals surface area contributed by atoms with Gasteiger partial charge >= 0.3 is 11.9 Å². The molecule has 0 fully saturated rings. The van der Waals surface area contributed by atoms with Gasteiger partial charge in [0.25, 0.3) is 0 Å². The van der Waals surface area contributed by atoms with Crippen LogP contribution in [0.4, 0.5) is 0 Å². The van der Waals surface area contributed by atoms with Crippen molar-refractivity contribution in [3.8, 4) is 0 Å². The van der Waals surface area contributed by atoms with Gasteiger partial charge in [0.2, 0.25) is 5.91 Å². The lowest BCUT2D eigenvalue weighted by Gasteiger charge is -2.25. The Labute approximate surface area is 148 Å². The first-order chi connectivity index (χ1) is 12.0. The molecule has 6 heteroatoms. The standard InChI is InChI=1S/C19H27NO5/c1-4-16(19(23)24-5-2)18(15-10-7-6-8-11-15)25-17(22)12-9-13-20-14(3)21/h6-8,10-11,16,18H,4-5,9,12-13H2,1-3H3,(H,20,21)/t16-,18-/m0/s1. The SMILES string of the molecule is CCOC(=O)[C@@H](CC)[C@@H](OC(=O)CCCNC(C)=O)c1ccccc1. The summed E-state index contributed by atoms with van der Waals surface area (Å²) in [5, 5.41) is 2.63. The van der Waals surface area contributed by atoms with E-state index in [1.54, 1.807) is 6.92 Å². The monoisotopic (exact) mass is 349 g/mol. The molecule has 2 atom stereocenters. The van der Waals surface area contributed by atoms with Crippen LogP contribution in [-0.4, -0.2) is 31.0 Å². The summed E-state index contributed by atoms with van der Waals surface area (Å²) >= 11 is 0. The number of benzene rings is 1. The summed E-state index contributed by atoms with van der Waals surface area (Å²) < 4.78 is 10.7. The van der Waals surface area contributed by atoms with Crippen LogP contribution in [0.2, 0.25) is 0 Å². The molecule has 1 aromatic carbocycles.